The van der Waals surface area contributed by atoms with Crippen molar-refractivity contribution in [3.8, 4) is 0 Å². The first-order chi connectivity index (χ1) is 9.60. The molecule has 2 aromatic rings. The van der Waals surface area contributed by atoms with E-state index < -0.39 is 4.92 Å². The van der Waals surface area contributed by atoms with Crippen molar-refractivity contribution >= 4 is 27.9 Å². The van der Waals surface area contributed by atoms with Crippen molar-refractivity contribution in [2.45, 2.75) is 12.6 Å². The van der Waals surface area contributed by atoms with Crippen LogP contribution >= 0.6 is 22.9 Å². The SMILES string of the molecule is O=[N+]([O-])c1cc(CNC(CO)c2ccc(Cl)cc2)cs1. The van der Waals surface area contributed by atoms with Crippen molar-refractivity contribution in [3.05, 3.63) is 62.0 Å². The number of rotatable bonds is 6. The lowest BCUT2D eigenvalue weighted by atomic mass is 10.1. The van der Waals surface area contributed by atoms with Crippen LogP contribution in [0.4, 0.5) is 5.00 Å². The van der Waals surface area contributed by atoms with E-state index in [0.29, 0.717) is 11.6 Å². The Morgan fingerprint density at radius 2 is 2.10 bits per heavy atom. The summed E-state index contributed by atoms with van der Waals surface area (Å²) < 4.78 is 0. The number of aliphatic hydroxyl groups is 1. The van der Waals surface area contributed by atoms with E-state index in [-0.39, 0.29) is 17.6 Å². The van der Waals surface area contributed by atoms with Crippen LogP contribution in [0.5, 0.6) is 0 Å². The summed E-state index contributed by atoms with van der Waals surface area (Å²) in [5.41, 5.74) is 1.75. The molecule has 1 atom stereocenters. The highest BCUT2D eigenvalue weighted by molar-refractivity contribution is 7.13. The van der Waals surface area contributed by atoms with Gasteiger partial charge in [-0.25, -0.2) is 0 Å². The normalized spacial score (nSPS) is 12.3. The minimum atomic E-state index is -0.406. The Labute approximate surface area is 125 Å². The molecule has 0 fully saturated rings. The summed E-state index contributed by atoms with van der Waals surface area (Å²) in [6.07, 6.45) is 0. The number of hydrogen-bond donors (Lipinski definition) is 2. The maximum atomic E-state index is 10.6. The smallest absolute Gasteiger partial charge is 0.324 e. The van der Waals surface area contributed by atoms with Gasteiger partial charge in [-0.2, -0.15) is 0 Å². The Bertz CT molecular complexity index is 586. The van der Waals surface area contributed by atoms with E-state index in [9.17, 15) is 15.2 Å². The van der Waals surface area contributed by atoms with E-state index in [4.69, 9.17) is 11.6 Å². The second kappa shape index (κ2) is 6.81. The van der Waals surface area contributed by atoms with E-state index in [0.717, 1.165) is 22.5 Å². The molecule has 7 heteroatoms. The molecule has 2 rings (SSSR count). The van der Waals surface area contributed by atoms with Crippen LogP contribution < -0.4 is 5.32 Å². The van der Waals surface area contributed by atoms with Crippen LogP contribution in [0.3, 0.4) is 0 Å². The van der Waals surface area contributed by atoms with E-state index in [1.165, 1.54) is 6.07 Å². The van der Waals surface area contributed by atoms with Crippen LogP contribution in [0, 0.1) is 10.1 Å². The molecule has 0 spiro atoms. The molecule has 0 aliphatic carbocycles. The average Bonchev–Trinajstić information content (AvgIpc) is 2.90. The van der Waals surface area contributed by atoms with E-state index in [2.05, 4.69) is 5.32 Å². The summed E-state index contributed by atoms with van der Waals surface area (Å²) in [6.45, 7) is 0.395. The Kier molecular flexibility index (Phi) is 5.08. The fourth-order valence-electron chi connectivity index (χ4n) is 1.78. The molecule has 1 unspecified atom stereocenters. The van der Waals surface area contributed by atoms with E-state index in [1.54, 1.807) is 17.5 Å². The second-order valence-corrected chi connectivity index (χ2v) is 5.54. The molecule has 0 amide bonds. The van der Waals surface area contributed by atoms with Crippen molar-refractivity contribution in [3.63, 3.8) is 0 Å². The zero-order valence-electron chi connectivity index (χ0n) is 10.5. The quantitative estimate of drug-likeness (QED) is 0.634. The van der Waals surface area contributed by atoms with Crippen molar-refractivity contribution in [2.75, 3.05) is 6.61 Å². The molecule has 5 nitrogen and oxygen atoms in total. The van der Waals surface area contributed by atoms with Gasteiger partial charge >= 0.3 is 5.00 Å². The van der Waals surface area contributed by atoms with Gasteiger partial charge in [-0.15, -0.1) is 0 Å². The van der Waals surface area contributed by atoms with Gasteiger partial charge in [0.15, 0.2) is 0 Å². The van der Waals surface area contributed by atoms with Gasteiger partial charge in [0.2, 0.25) is 0 Å². The molecule has 106 valence electrons. The lowest BCUT2D eigenvalue weighted by Crippen LogP contribution is -2.23. The lowest BCUT2D eigenvalue weighted by molar-refractivity contribution is -0.380. The maximum Gasteiger partial charge on any atom is 0.324 e. The molecule has 0 saturated carbocycles. The standard InChI is InChI=1S/C13H13ClN2O3S/c14-11-3-1-10(2-4-11)12(7-17)15-6-9-5-13(16(18)19)20-8-9/h1-5,8,12,15,17H,6-7H2. The fraction of sp³-hybridized carbons (Fsp3) is 0.231. The molecular weight excluding hydrogens is 300 g/mol. The minimum Gasteiger partial charge on any atom is -0.394 e. The molecule has 1 aromatic carbocycles. The molecule has 0 aliphatic heterocycles. The van der Waals surface area contributed by atoms with Crippen LogP contribution in [0.25, 0.3) is 0 Å². The third-order valence-electron chi connectivity index (χ3n) is 2.83. The largest absolute Gasteiger partial charge is 0.394 e. The van der Waals surface area contributed by atoms with Crippen LogP contribution in [-0.2, 0) is 6.54 Å². The Hall–Kier alpha value is -1.47. The van der Waals surface area contributed by atoms with Gasteiger partial charge in [0.25, 0.3) is 0 Å². The third-order valence-corrected chi connectivity index (χ3v) is 4.01. The molecule has 0 bridgehead atoms. The first-order valence-corrected chi connectivity index (χ1v) is 7.17. The van der Waals surface area contributed by atoms with Crippen molar-refractivity contribution in [1.82, 2.24) is 5.32 Å². The second-order valence-electron chi connectivity index (χ2n) is 4.22. The summed E-state index contributed by atoms with van der Waals surface area (Å²) in [5.74, 6) is 0. The van der Waals surface area contributed by atoms with Crippen LogP contribution in [-0.4, -0.2) is 16.6 Å². The molecule has 1 aromatic heterocycles. The van der Waals surface area contributed by atoms with Crippen LogP contribution in [0.2, 0.25) is 5.02 Å². The van der Waals surface area contributed by atoms with Gasteiger partial charge in [0, 0.05) is 23.0 Å². The van der Waals surface area contributed by atoms with Gasteiger partial charge < -0.3 is 10.4 Å². The van der Waals surface area contributed by atoms with Gasteiger partial charge in [0.05, 0.1) is 17.6 Å². The van der Waals surface area contributed by atoms with E-state index in [1.807, 2.05) is 12.1 Å². The van der Waals surface area contributed by atoms with Gasteiger partial charge in [-0.05, 0) is 23.3 Å². The molecule has 0 saturated heterocycles. The topological polar surface area (TPSA) is 75.4 Å². The summed E-state index contributed by atoms with van der Waals surface area (Å²) in [5, 5.41) is 25.7. The molecule has 20 heavy (non-hydrogen) atoms. The summed E-state index contributed by atoms with van der Waals surface area (Å²) >= 11 is 6.92. The zero-order chi connectivity index (χ0) is 14.5. The number of aliphatic hydroxyl groups excluding tert-OH is 1. The summed E-state index contributed by atoms with van der Waals surface area (Å²) in [7, 11) is 0. The number of nitro groups is 1. The predicted molar refractivity (Wildman–Crippen MR) is 79.1 cm³/mol. The molecule has 1 heterocycles. The monoisotopic (exact) mass is 312 g/mol. The molecular formula is C13H13ClN2O3S. The predicted octanol–water partition coefficient (Wildman–Crippen LogP) is 3.13. The van der Waals surface area contributed by atoms with Crippen LogP contribution in [0.1, 0.15) is 17.2 Å². The first kappa shape index (κ1) is 14.9. The van der Waals surface area contributed by atoms with Crippen molar-refractivity contribution in [2.24, 2.45) is 0 Å². The fourth-order valence-corrected chi connectivity index (χ4v) is 2.63. The lowest BCUT2D eigenvalue weighted by Gasteiger charge is -2.16. The van der Waals surface area contributed by atoms with Crippen LogP contribution in [0.15, 0.2) is 35.7 Å². The van der Waals surface area contributed by atoms with Crippen molar-refractivity contribution in [1.29, 1.82) is 0 Å². The summed E-state index contributed by atoms with van der Waals surface area (Å²) in [6, 6.07) is 8.51. The Balaban J connectivity index is 1.99. The molecule has 2 N–H and O–H groups in total. The highest BCUT2D eigenvalue weighted by Crippen LogP contribution is 2.23. The number of thiophene rings is 1. The Morgan fingerprint density at radius 3 is 2.65 bits per heavy atom. The highest BCUT2D eigenvalue weighted by atomic mass is 35.5. The third kappa shape index (κ3) is 3.77. The zero-order valence-corrected chi connectivity index (χ0v) is 12.0. The number of benzene rings is 1. The number of nitrogens with one attached hydrogen (secondary N) is 1. The average molecular weight is 313 g/mol. The van der Waals surface area contributed by atoms with Gasteiger partial charge in [0.1, 0.15) is 0 Å². The number of nitrogens with zero attached hydrogens (tertiary/aromatic N) is 1. The van der Waals surface area contributed by atoms with E-state index >= 15 is 0 Å². The number of halogens is 1. The molecule has 0 radical (unpaired) electrons. The van der Waals surface area contributed by atoms with Gasteiger partial charge in [-0.3, -0.25) is 10.1 Å². The maximum absolute atomic E-state index is 10.6. The molecule has 0 aliphatic rings. The first-order valence-electron chi connectivity index (χ1n) is 5.91. The van der Waals surface area contributed by atoms with Crippen molar-refractivity contribution < 1.29 is 10.0 Å². The minimum absolute atomic E-state index is 0.0616. The van der Waals surface area contributed by atoms with Gasteiger partial charge in [-0.1, -0.05) is 35.1 Å². The highest BCUT2D eigenvalue weighted by Gasteiger charge is 2.13. The Morgan fingerprint density at radius 1 is 1.40 bits per heavy atom. The number of hydrogen-bond acceptors (Lipinski definition) is 5. The summed E-state index contributed by atoms with van der Waals surface area (Å²) in [4.78, 5) is 10.2.